The minimum absolute atomic E-state index is 0.0885. The molecule has 0 aliphatic heterocycles. The molecule has 0 amide bonds. The standard InChI is InChI=1S/C35H56O8S2/c1-20(2)26-13-30(22(5)6)34(31(14-26)23(7)8)44(38,39)42-18-28(36)17-29(37)19-43-45(40,41)35-32(24(9)10)15-27(21(3)4)16-33(35)25(11)12/h13-16,20-25,28-29,36-37H,17-19H2,1-12H3/t28-,29-/m1/s1. The lowest BCUT2D eigenvalue weighted by Gasteiger charge is -2.23. The normalized spacial score (nSPS) is 14.5. The Balaban J connectivity index is 2.23. The second-order valence-corrected chi connectivity index (χ2v) is 17.1. The van der Waals surface area contributed by atoms with Crippen LogP contribution < -0.4 is 0 Å². The van der Waals surface area contributed by atoms with Crippen molar-refractivity contribution in [2.24, 2.45) is 0 Å². The van der Waals surface area contributed by atoms with Crippen molar-refractivity contribution in [3.8, 4) is 0 Å². The van der Waals surface area contributed by atoms with Gasteiger partial charge in [0, 0.05) is 6.42 Å². The number of hydrogen-bond donors (Lipinski definition) is 2. The third-order valence-corrected chi connectivity index (χ3v) is 10.9. The predicted octanol–water partition coefficient (Wildman–Crippen LogP) is 7.65. The van der Waals surface area contributed by atoms with Gasteiger partial charge in [0.2, 0.25) is 0 Å². The van der Waals surface area contributed by atoms with Crippen molar-refractivity contribution < 1.29 is 35.4 Å². The summed E-state index contributed by atoms with van der Waals surface area (Å²) in [5.74, 6) is 0.0633. The van der Waals surface area contributed by atoms with Crippen LogP contribution in [-0.2, 0) is 28.6 Å². The fraction of sp³-hybridized carbons (Fsp3) is 0.657. The molecule has 0 spiro atoms. The molecule has 0 aliphatic rings. The summed E-state index contributed by atoms with van der Waals surface area (Å²) in [7, 11) is -8.52. The zero-order valence-corrected chi connectivity index (χ0v) is 30.8. The molecule has 0 radical (unpaired) electrons. The second-order valence-electron chi connectivity index (χ2n) is 14.0. The van der Waals surface area contributed by atoms with Gasteiger partial charge in [0.1, 0.15) is 9.79 Å². The van der Waals surface area contributed by atoms with Crippen LogP contribution in [0.2, 0.25) is 0 Å². The average molecular weight is 669 g/mol. The summed E-state index contributed by atoms with van der Waals surface area (Å²) < 4.78 is 64.7. The van der Waals surface area contributed by atoms with Gasteiger partial charge in [-0.3, -0.25) is 8.37 Å². The van der Waals surface area contributed by atoms with Gasteiger partial charge in [-0.25, -0.2) is 0 Å². The molecule has 2 atom stereocenters. The minimum Gasteiger partial charge on any atom is -0.391 e. The molecule has 8 nitrogen and oxygen atoms in total. The van der Waals surface area contributed by atoms with Crippen LogP contribution in [0.1, 0.15) is 158 Å². The molecule has 0 saturated carbocycles. The molecule has 256 valence electrons. The lowest BCUT2D eigenvalue weighted by Crippen LogP contribution is -2.28. The van der Waals surface area contributed by atoms with Crippen molar-refractivity contribution in [3.05, 3.63) is 57.6 Å². The van der Waals surface area contributed by atoms with E-state index in [4.69, 9.17) is 8.37 Å². The van der Waals surface area contributed by atoms with Crippen LogP contribution in [0.25, 0.3) is 0 Å². The minimum atomic E-state index is -4.26. The summed E-state index contributed by atoms with van der Waals surface area (Å²) in [5.41, 5.74) is 4.69. The van der Waals surface area contributed by atoms with Crippen molar-refractivity contribution in [3.63, 3.8) is 0 Å². The highest BCUT2D eigenvalue weighted by Crippen LogP contribution is 2.37. The van der Waals surface area contributed by atoms with Crippen molar-refractivity contribution in [2.75, 3.05) is 13.2 Å². The number of aliphatic hydroxyl groups is 2. The zero-order chi connectivity index (χ0) is 34.6. The molecule has 0 aromatic heterocycles. The molecule has 0 unspecified atom stereocenters. The fourth-order valence-electron chi connectivity index (χ4n) is 5.26. The Morgan fingerprint density at radius 2 is 0.733 bits per heavy atom. The van der Waals surface area contributed by atoms with E-state index in [1.807, 2.05) is 79.7 Å². The SMILES string of the molecule is CC(C)c1cc(C(C)C)c(S(=O)(=O)OC[C@H](O)C[C@@H](O)COS(=O)(=O)c2c(C(C)C)cc(C(C)C)cc2C(C)C)c(C(C)C)c1. The summed E-state index contributed by atoms with van der Waals surface area (Å²) in [6.45, 7) is 22.4. The van der Waals surface area contributed by atoms with Crippen LogP contribution in [0, 0.1) is 0 Å². The predicted molar refractivity (Wildman–Crippen MR) is 180 cm³/mol. The van der Waals surface area contributed by atoms with Gasteiger partial charge < -0.3 is 10.2 Å². The Kier molecular flexibility index (Phi) is 13.9. The first-order chi connectivity index (χ1) is 20.6. The summed E-state index contributed by atoms with van der Waals surface area (Å²) >= 11 is 0. The van der Waals surface area contributed by atoms with Crippen LogP contribution in [0.5, 0.6) is 0 Å². The molecular formula is C35H56O8S2. The van der Waals surface area contributed by atoms with Gasteiger partial charge in [-0.2, -0.15) is 16.8 Å². The Bertz CT molecular complexity index is 1330. The molecule has 2 aromatic carbocycles. The van der Waals surface area contributed by atoms with Gasteiger partial charge in [-0.15, -0.1) is 0 Å². The van der Waals surface area contributed by atoms with Crippen LogP contribution in [0.15, 0.2) is 34.1 Å². The first kappa shape index (κ1) is 39.4. The third-order valence-electron chi connectivity index (χ3n) is 8.03. The monoisotopic (exact) mass is 668 g/mol. The van der Waals surface area contributed by atoms with Crippen LogP contribution in [-0.4, -0.2) is 52.5 Å². The van der Waals surface area contributed by atoms with Gasteiger partial charge in [0.25, 0.3) is 20.2 Å². The fourth-order valence-corrected chi connectivity index (χ4v) is 8.50. The molecule has 0 bridgehead atoms. The Morgan fingerprint density at radius 3 is 0.933 bits per heavy atom. The first-order valence-electron chi connectivity index (χ1n) is 16.1. The van der Waals surface area contributed by atoms with Crippen molar-refractivity contribution in [1.82, 2.24) is 0 Å². The summed E-state index contributed by atoms with van der Waals surface area (Å²) in [6.07, 6.45) is -3.11. The summed E-state index contributed by atoms with van der Waals surface area (Å²) in [6, 6.07) is 7.62. The molecule has 0 heterocycles. The van der Waals surface area contributed by atoms with Crippen LogP contribution >= 0.6 is 0 Å². The number of aliphatic hydroxyl groups excluding tert-OH is 2. The van der Waals surface area contributed by atoms with Gasteiger partial charge in [-0.1, -0.05) is 107 Å². The molecule has 2 aromatic rings. The molecule has 2 rings (SSSR count). The van der Waals surface area contributed by atoms with Crippen molar-refractivity contribution in [1.29, 1.82) is 0 Å². The van der Waals surface area contributed by atoms with Crippen molar-refractivity contribution >= 4 is 20.2 Å². The highest BCUT2D eigenvalue weighted by molar-refractivity contribution is 7.87. The number of rotatable bonds is 16. The van der Waals surface area contributed by atoms with Gasteiger partial charge in [0.15, 0.2) is 0 Å². The van der Waals surface area contributed by atoms with E-state index < -0.39 is 45.7 Å². The van der Waals surface area contributed by atoms with Gasteiger partial charge in [-0.05, 0) is 68.9 Å². The average Bonchev–Trinajstić information content (AvgIpc) is 2.93. The molecular weight excluding hydrogens is 613 g/mol. The van der Waals surface area contributed by atoms with E-state index in [0.717, 1.165) is 11.1 Å². The number of benzene rings is 2. The van der Waals surface area contributed by atoms with E-state index in [9.17, 15) is 27.0 Å². The first-order valence-corrected chi connectivity index (χ1v) is 18.9. The van der Waals surface area contributed by atoms with E-state index in [-0.39, 0.29) is 51.7 Å². The zero-order valence-electron chi connectivity index (χ0n) is 29.2. The maximum absolute atomic E-state index is 13.5. The van der Waals surface area contributed by atoms with Crippen LogP contribution in [0.3, 0.4) is 0 Å². The Labute approximate surface area is 272 Å². The lowest BCUT2D eigenvalue weighted by molar-refractivity contribution is 0.0306. The van der Waals surface area contributed by atoms with E-state index in [0.29, 0.717) is 22.3 Å². The van der Waals surface area contributed by atoms with Crippen LogP contribution in [0.4, 0.5) is 0 Å². The quantitative estimate of drug-likeness (QED) is 0.175. The third kappa shape index (κ3) is 10.1. The Morgan fingerprint density at radius 1 is 0.489 bits per heavy atom. The maximum atomic E-state index is 13.5. The lowest BCUT2D eigenvalue weighted by atomic mass is 9.89. The highest BCUT2D eigenvalue weighted by Gasteiger charge is 2.31. The molecule has 0 saturated heterocycles. The smallest absolute Gasteiger partial charge is 0.297 e. The second kappa shape index (κ2) is 15.8. The van der Waals surface area contributed by atoms with Gasteiger partial charge >= 0.3 is 0 Å². The van der Waals surface area contributed by atoms with Gasteiger partial charge in [0.05, 0.1) is 25.4 Å². The highest BCUT2D eigenvalue weighted by atomic mass is 32.2. The molecule has 0 fully saturated rings. The Hall–Kier alpha value is -1.82. The molecule has 2 N–H and O–H groups in total. The number of hydrogen-bond acceptors (Lipinski definition) is 8. The molecule has 10 heteroatoms. The maximum Gasteiger partial charge on any atom is 0.297 e. The van der Waals surface area contributed by atoms with E-state index in [2.05, 4.69) is 27.7 Å². The molecule has 45 heavy (non-hydrogen) atoms. The van der Waals surface area contributed by atoms with E-state index >= 15 is 0 Å². The summed E-state index contributed by atoms with van der Waals surface area (Å²) in [4.78, 5) is 0.231. The largest absolute Gasteiger partial charge is 0.391 e. The van der Waals surface area contributed by atoms with E-state index in [1.54, 1.807) is 0 Å². The van der Waals surface area contributed by atoms with E-state index in [1.165, 1.54) is 0 Å². The van der Waals surface area contributed by atoms with Crippen molar-refractivity contribution in [2.45, 2.75) is 147 Å². The summed E-state index contributed by atoms with van der Waals surface area (Å²) in [5, 5.41) is 21.2. The molecule has 0 aliphatic carbocycles. The topological polar surface area (TPSA) is 127 Å².